The molecule has 1 aromatic heterocycles. The highest BCUT2D eigenvalue weighted by atomic mass is 16.1. The molecule has 0 radical (unpaired) electrons. The van der Waals surface area contributed by atoms with E-state index in [4.69, 9.17) is 0 Å². The van der Waals surface area contributed by atoms with Gasteiger partial charge in [0.25, 0.3) is 5.56 Å². The monoisotopic (exact) mass is 263 g/mol. The molecule has 1 fully saturated rings. The number of ketones is 1. The summed E-state index contributed by atoms with van der Waals surface area (Å²) in [6.07, 6.45) is 5.02. The van der Waals surface area contributed by atoms with Gasteiger partial charge in [-0.3, -0.25) is 9.59 Å². The molecule has 0 saturated carbocycles. The van der Waals surface area contributed by atoms with E-state index in [9.17, 15) is 9.59 Å². The van der Waals surface area contributed by atoms with Gasteiger partial charge >= 0.3 is 0 Å². The molecule has 0 aliphatic carbocycles. The molecule has 5 heteroatoms. The SMILES string of the molecule is CC(=O)C1CCN(c2nccn(C(C)C)c2=O)CC1. The van der Waals surface area contributed by atoms with Gasteiger partial charge in [-0.15, -0.1) is 0 Å². The van der Waals surface area contributed by atoms with Crippen molar-refractivity contribution in [3.05, 3.63) is 22.7 Å². The van der Waals surface area contributed by atoms with E-state index in [1.807, 2.05) is 18.7 Å². The molecule has 1 aliphatic heterocycles. The smallest absolute Gasteiger partial charge is 0.293 e. The molecule has 104 valence electrons. The highest BCUT2D eigenvalue weighted by molar-refractivity contribution is 5.78. The molecule has 1 aromatic rings. The first-order valence-corrected chi connectivity index (χ1v) is 6.83. The number of piperidine rings is 1. The molecule has 1 aliphatic rings. The van der Waals surface area contributed by atoms with E-state index in [-0.39, 0.29) is 23.3 Å². The Kier molecular flexibility index (Phi) is 4.02. The number of aromatic nitrogens is 2. The summed E-state index contributed by atoms with van der Waals surface area (Å²) >= 11 is 0. The van der Waals surface area contributed by atoms with Crippen LogP contribution in [0.2, 0.25) is 0 Å². The quantitative estimate of drug-likeness (QED) is 0.831. The number of nitrogens with zero attached hydrogens (tertiary/aromatic N) is 3. The van der Waals surface area contributed by atoms with E-state index >= 15 is 0 Å². The highest BCUT2D eigenvalue weighted by Gasteiger charge is 2.24. The Morgan fingerprint density at radius 3 is 2.53 bits per heavy atom. The van der Waals surface area contributed by atoms with Crippen LogP contribution in [0.5, 0.6) is 0 Å². The number of carbonyl (C=O) groups excluding carboxylic acids is 1. The summed E-state index contributed by atoms with van der Waals surface area (Å²) in [6, 6.07) is 0.129. The fourth-order valence-corrected chi connectivity index (χ4v) is 2.54. The Bertz CT molecular complexity index is 514. The van der Waals surface area contributed by atoms with E-state index < -0.39 is 0 Å². The van der Waals surface area contributed by atoms with Crippen LogP contribution < -0.4 is 10.5 Å². The van der Waals surface area contributed by atoms with Crippen molar-refractivity contribution >= 4 is 11.6 Å². The van der Waals surface area contributed by atoms with Crippen molar-refractivity contribution < 1.29 is 4.79 Å². The molecule has 5 nitrogen and oxygen atoms in total. The number of hydrogen-bond acceptors (Lipinski definition) is 4. The van der Waals surface area contributed by atoms with Gasteiger partial charge < -0.3 is 9.47 Å². The number of anilines is 1. The fourth-order valence-electron chi connectivity index (χ4n) is 2.54. The van der Waals surface area contributed by atoms with Crippen LogP contribution in [0.1, 0.15) is 39.7 Å². The topological polar surface area (TPSA) is 55.2 Å². The van der Waals surface area contributed by atoms with Gasteiger partial charge in [-0.1, -0.05) is 0 Å². The summed E-state index contributed by atoms with van der Waals surface area (Å²) in [5.74, 6) is 0.908. The van der Waals surface area contributed by atoms with Crippen LogP contribution in [0.25, 0.3) is 0 Å². The molecular weight excluding hydrogens is 242 g/mol. The lowest BCUT2D eigenvalue weighted by Gasteiger charge is -2.31. The van der Waals surface area contributed by atoms with Crippen molar-refractivity contribution in [2.75, 3.05) is 18.0 Å². The molecule has 2 heterocycles. The second-order valence-corrected chi connectivity index (χ2v) is 5.43. The van der Waals surface area contributed by atoms with Gasteiger partial charge in [0.1, 0.15) is 5.78 Å². The zero-order valence-corrected chi connectivity index (χ0v) is 11.8. The minimum absolute atomic E-state index is 0.0428. The average Bonchev–Trinajstić information content (AvgIpc) is 2.38. The van der Waals surface area contributed by atoms with Gasteiger partial charge in [0.2, 0.25) is 0 Å². The molecule has 0 N–H and O–H groups in total. The second-order valence-electron chi connectivity index (χ2n) is 5.43. The van der Waals surface area contributed by atoms with Crippen molar-refractivity contribution in [1.82, 2.24) is 9.55 Å². The Morgan fingerprint density at radius 1 is 1.37 bits per heavy atom. The Hall–Kier alpha value is -1.65. The van der Waals surface area contributed by atoms with E-state index in [0.717, 1.165) is 25.9 Å². The van der Waals surface area contributed by atoms with Crippen molar-refractivity contribution in [1.29, 1.82) is 0 Å². The molecule has 0 aromatic carbocycles. The predicted molar refractivity (Wildman–Crippen MR) is 74.5 cm³/mol. The third-order valence-corrected chi connectivity index (χ3v) is 3.78. The standard InChI is InChI=1S/C14H21N3O2/c1-10(2)17-9-6-15-13(14(17)19)16-7-4-12(5-8-16)11(3)18/h6,9-10,12H,4-5,7-8H2,1-3H3. The Balaban J connectivity index is 2.18. The minimum Gasteiger partial charge on any atom is -0.352 e. The summed E-state index contributed by atoms with van der Waals surface area (Å²) in [5.41, 5.74) is -0.0428. The van der Waals surface area contributed by atoms with Crippen LogP contribution >= 0.6 is 0 Å². The number of Topliss-reactive ketones (excluding diaryl/α,β-unsaturated/α-hetero) is 1. The zero-order chi connectivity index (χ0) is 14.0. The highest BCUT2D eigenvalue weighted by Crippen LogP contribution is 2.20. The van der Waals surface area contributed by atoms with Gasteiger partial charge in [-0.05, 0) is 33.6 Å². The van der Waals surface area contributed by atoms with E-state index in [0.29, 0.717) is 5.82 Å². The molecule has 0 spiro atoms. The van der Waals surface area contributed by atoms with Crippen molar-refractivity contribution in [3.63, 3.8) is 0 Å². The molecule has 0 amide bonds. The number of rotatable bonds is 3. The Labute approximate surface area is 113 Å². The first-order chi connectivity index (χ1) is 9.00. The van der Waals surface area contributed by atoms with Crippen molar-refractivity contribution in [3.8, 4) is 0 Å². The lowest BCUT2D eigenvalue weighted by atomic mass is 9.93. The van der Waals surface area contributed by atoms with Crippen LogP contribution in [0.4, 0.5) is 5.82 Å². The van der Waals surface area contributed by atoms with Gasteiger partial charge in [-0.25, -0.2) is 4.98 Å². The van der Waals surface area contributed by atoms with Crippen molar-refractivity contribution in [2.45, 2.75) is 39.7 Å². The summed E-state index contributed by atoms with van der Waals surface area (Å²) < 4.78 is 1.69. The molecule has 0 bridgehead atoms. The molecule has 2 rings (SSSR count). The van der Waals surface area contributed by atoms with Gasteiger partial charge in [-0.2, -0.15) is 0 Å². The van der Waals surface area contributed by atoms with Crippen LogP contribution in [0.15, 0.2) is 17.2 Å². The first kappa shape index (κ1) is 13.8. The van der Waals surface area contributed by atoms with Crippen LogP contribution in [0.3, 0.4) is 0 Å². The summed E-state index contributed by atoms with van der Waals surface area (Å²) in [4.78, 5) is 29.9. The number of carbonyl (C=O) groups is 1. The third kappa shape index (κ3) is 2.85. The average molecular weight is 263 g/mol. The molecular formula is C14H21N3O2. The lowest BCUT2D eigenvalue weighted by molar-refractivity contribution is -0.121. The Morgan fingerprint density at radius 2 is 2.00 bits per heavy atom. The third-order valence-electron chi connectivity index (χ3n) is 3.78. The molecule has 0 atom stereocenters. The van der Waals surface area contributed by atoms with Crippen LogP contribution in [0, 0.1) is 5.92 Å². The first-order valence-electron chi connectivity index (χ1n) is 6.83. The van der Waals surface area contributed by atoms with Crippen LogP contribution in [-0.2, 0) is 4.79 Å². The summed E-state index contributed by atoms with van der Waals surface area (Å²) in [7, 11) is 0. The number of hydrogen-bond donors (Lipinski definition) is 0. The fraction of sp³-hybridized carbons (Fsp3) is 0.643. The second kappa shape index (κ2) is 5.55. The maximum atomic E-state index is 12.3. The molecule has 19 heavy (non-hydrogen) atoms. The van der Waals surface area contributed by atoms with E-state index in [2.05, 4.69) is 4.98 Å². The van der Waals surface area contributed by atoms with E-state index in [1.54, 1.807) is 23.9 Å². The summed E-state index contributed by atoms with van der Waals surface area (Å²) in [6.45, 7) is 7.07. The van der Waals surface area contributed by atoms with Crippen molar-refractivity contribution in [2.24, 2.45) is 5.92 Å². The largest absolute Gasteiger partial charge is 0.352 e. The molecule has 0 unspecified atom stereocenters. The maximum absolute atomic E-state index is 12.3. The summed E-state index contributed by atoms with van der Waals surface area (Å²) in [5, 5.41) is 0. The van der Waals surface area contributed by atoms with Gasteiger partial charge in [0.15, 0.2) is 5.82 Å². The normalized spacial score (nSPS) is 16.9. The minimum atomic E-state index is -0.0428. The van der Waals surface area contributed by atoms with Gasteiger partial charge in [0.05, 0.1) is 0 Å². The van der Waals surface area contributed by atoms with E-state index in [1.165, 1.54) is 0 Å². The predicted octanol–water partition coefficient (Wildman–Crippen LogP) is 1.63. The van der Waals surface area contributed by atoms with Crippen LogP contribution in [-0.4, -0.2) is 28.4 Å². The molecule has 1 saturated heterocycles. The lowest BCUT2D eigenvalue weighted by Crippen LogP contribution is -2.40. The zero-order valence-electron chi connectivity index (χ0n) is 11.8. The maximum Gasteiger partial charge on any atom is 0.293 e. The van der Waals surface area contributed by atoms with Gasteiger partial charge in [0, 0.05) is 37.4 Å².